The van der Waals surface area contributed by atoms with Gasteiger partial charge in [0.25, 0.3) is 11.8 Å². The number of allylic oxidation sites excluding steroid dienone is 2. The first-order chi connectivity index (χ1) is 15.5. The number of dihydropyridines is 1. The summed E-state index contributed by atoms with van der Waals surface area (Å²) in [7, 11) is 0. The first-order valence-electron chi connectivity index (χ1n) is 10.5. The number of aromatic nitrogens is 1. The molecule has 0 aliphatic carbocycles. The van der Waals surface area contributed by atoms with Crippen LogP contribution in [0.4, 0.5) is 5.69 Å². The lowest BCUT2D eigenvalue weighted by molar-refractivity contribution is -0.113. The van der Waals surface area contributed by atoms with Crippen molar-refractivity contribution in [2.24, 2.45) is 0 Å². The third-order valence-corrected chi connectivity index (χ3v) is 7.03. The molecule has 5 nitrogen and oxygen atoms in total. The number of anilines is 1. The molecule has 0 saturated carbocycles. The molecule has 3 heterocycles. The van der Waals surface area contributed by atoms with E-state index in [0.29, 0.717) is 11.1 Å². The van der Waals surface area contributed by atoms with E-state index in [1.165, 1.54) is 11.1 Å². The number of hydrogen-bond acceptors (Lipinski definition) is 4. The number of benzene rings is 2. The molecule has 2 aliphatic rings. The molecule has 0 saturated heterocycles. The fraction of sp³-hybridized carbons (Fsp3) is 0.154. The van der Waals surface area contributed by atoms with Crippen LogP contribution >= 0.6 is 11.8 Å². The Morgan fingerprint density at radius 3 is 2.56 bits per heavy atom. The molecule has 3 aromatic rings. The number of carbonyl (C=O) groups is 2. The highest BCUT2D eigenvalue weighted by Crippen LogP contribution is 2.46. The zero-order valence-corrected chi connectivity index (χ0v) is 18.7. The zero-order valence-electron chi connectivity index (χ0n) is 17.9. The number of carbonyl (C=O) groups excluding carboxylic acids is 2. The molecule has 2 N–H and O–H groups in total. The van der Waals surface area contributed by atoms with E-state index in [1.54, 1.807) is 22.5 Å². The second-order valence-corrected chi connectivity index (χ2v) is 8.97. The molecule has 0 spiro atoms. The quantitative estimate of drug-likeness (QED) is 0.572. The van der Waals surface area contributed by atoms with E-state index < -0.39 is 0 Å². The number of fused-ring (bicyclic) bond motifs is 3. The van der Waals surface area contributed by atoms with E-state index in [4.69, 9.17) is 0 Å². The molecular formula is C26H23N3O2S. The van der Waals surface area contributed by atoms with Gasteiger partial charge in [-0.25, -0.2) is 0 Å². The Morgan fingerprint density at radius 1 is 1.03 bits per heavy atom. The molecule has 1 amide bonds. The molecule has 1 unspecified atom stereocenters. The SMILES string of the molecule is CC1=C(C(=O)Nc2ccccc2)C2C(=C(SCc3ccccc3C)N1)C(=O)n1cccc12. The molecule has 5 rings (SSSR count). The van der Waals surface area contributed by atoms with E-state index in [0.717, 1.165) is 27.9 Å². The minimum atomic E-state index is -0.387. The van der Waals surface area contributed by atoms with E-state index in [-0.39, 0.29) is 17.7 Å². The highest BCUT2D eigenvalue weighted by atomic mass is 32.2. The molecule has 160 valence electrons. The Morgan fingerprint density at radius 2 is 1.78 bits per heavy atom. The molecule has 0 fully saturated rings. The van der Waals surface area contributed by atoms with Crippen molar-refractivity contribution in [2.45, 2.75) is 25.5 Å². The second kappa shape index (κ2) is 8.20. The number of nitrogens with zero attached hydrogens (tertiary/aromatic N) is 1. The van der Waals surface area contributed by atoms with Gasteiger partial charge in [-0.3, -0.25) is 14.2 Å². The molecular weight excluding hydrogens is 418 g/mol. The molecule has 1 atom stereocenters. The first-order valence-corrected chi connectivity index (χ1v) is 11.5. The lowest BCUT2D eigenvalue weighted by atomic mass is 9.86. The van der Waals surface area contributed by atoms with Gasteiger partial charge in [0.05, 0.1) is 16.5 Å². The summed E-state index contributed by atoms with van der Waals surface area (Å²) in [6.45, 7) is 4.00. The van der Waals surface area contributed by atoms with E-state index in [9.17, 15) is 9.59 Å². The maximum atomic E-state index is 13.3. The largest absolute Gasteiger partial charge is 0.353 e. The van der Waals surface area contributed by atoms with Crippen molar-refractivity contribution < 1.29 is 9.59 Å². The van der Waals surface area contributed by atoms with E-state index in [2.05, 4.69) is 29.7 Å². The Bertz CT molecular complexity index is 1290. The Labute approximate surface area is 191 Å². The number of amides is 1. The summed E-state index contributed by atoms with van der Waals surface area (Å²) < 4.78 is 1.66. The summed E-state index contributed by atoms with van der Waals surface area (Å²) >= 11 is 1.61. The van der Waals surface area contributed by atoms with Crippen LogP contribution in [0.2, 0.25) is 0 Å². The van der Waals surface area contributed by atoms with Crippen LogP contribution < -0.4 is 10.6 Å². The van der Waals surface area contributed by atoms with Crippen molar-refractivity contribution in [3.8, 4) is 0 Å². The van der Waals surface area contributed by atoms with E-state index >= 15 is 0 Å². The number of para-hydroxylation sites is 1. The van der Waals surface area contributed by atoms with Gasteiger partial charge in [0.15, 0.2) is 0 Å². The second-order valence-electron chi connectivity index (χ2n) is 7.98. The van der Waals surface area contributed by atoms with Gasteiger partial charge in [0.2, 0.25) is 0 Å². The summed E-state index contributed by atoms with van der Waals surface area (Å²) in [6.07, 6.45) is 1.77. The summed E-state index contributed by atoms with van der Waals surface area (Å²) in [5.41, 5.74) is 5.99. The van der Waals surface area contributed by atoms with Gasteiger partial charge in [-0.2, -0.15) is 0 Å². The van der Waals surface area contributed by atoms with E-state index in [1.807, 2.05) is 61.5 Å². The normalized spacial score (nSPS) is 17.2. The van der Waals surface area contributed by atoms with Gasteiger partial charge in [0.1, 0.15) is 0 Å². The van der Waals surface area contributed by atoms with Crippen molar-refractivity contribution in [3.63, 3.8) is 0 Å². The van der Waals surface area contributed by atoms with Crippen LogP contribution in [0.5, 0.6) is 0 Å². The summed E-state index contributed by atoms with van der Waals surface area (Å²) in [5.74, 6) is 0.0786. The highest BCUT2D eigenvalue weighted by Gasteiger charge is 2.44. The number of aryl methyl sites for hydroxylation is 1. The maximum absolute atomic E-state index is 13.3. The molecule has 6 heteroatoms. The number of thioether (sulfide) groups is 1. The fourth-order valence-corrected chi connectivity index (χ4v) is 5.52. The van der Waals surface area contributed by atoms with Gasteiger partial charge in [0, 0.05) is 34.6 Å². The maximum Gasteiger partial charge on any atom is 0.261 e. The summed E-state index contributed by atoms with van der Waals surface area (Å²) in [6, 6.07) is 21.4. The predicted octanol–water partition coefficient (Wildman–Crippen LogP) is 5.19. The standard InChI is InChI=1S/C26H23N3O2S/c1-16-9-6-7-10-18(16)15-32-25-23-22(20-13-8-14-29(20)26(23)31)21(17(2)27-25)24(30)28-19-11-4-3-5-12-19/h3-14,22,27H,15H2,1-2H3,(H,28,30). The number of hydrogen-bond donors (Lipinski definition) is 2. The fourth-order valence-electron chi connectivity index (χ4n) is 4.31. The smallest absolute Gasteiger partial charge is 0.261 e. The Hall–Kier alpha value is -3.51. The van der Waals surface area contributed by atoms with Gasteiger partial charge in [-0.1, -0.05) is 42.5 Å². The van der Waals surface area contributed by atoms with Crippen LogP contribution in [0.3, 0.4) is 0 Å². The molecule has 0 bridgehead atoms. The third kappa shape index (κ3) is 3.46. The first kappa shape index (κ1) is 20.4. The average molecular weight is 442 g/mol. The minimum Gasteiger partial charge on any atom is -0.353 e. The van der Waals surface area contributed by atoms with Crippen molar-refractivity contribution in [1.29, 1.82) is 0 Å². The van der Waals surface area contributed by atoms with Crippen molar-refractivity contribution in [3.05, 3.63) is 112 Å². The lowest BCUT2D eigenvalue weighted by Crippen LogP contribution is -2.30. The molecule has 32 heavy (non-hydrogen) atoms. The average Bonchev–Trinajstić information content (AvgIpc) is 3.37. The lowest BCUT2D eigenvalue weighted by Gasteiger charge is -2.27. The highest BCUT2D eigenvalue weighted by molar-refractivity contribution is 8.02. The Balaban J connectivity index is 1.51. The predicted molar refractivity (Wildman–Crippen MR) is 128 cm³/mol. The van der Waals surface area contributed by atoms with Crippen LogP contribution in [0.15, 0.2) is 94.8 Å². The zero-order chi connectivity index (χ0) is 22.2. The molecule has 2 aromatic carbocycles. The van der Waals surface area contributed by atoms with Crippen LogP contribution in [0, 0.1) is 6.92 Å². The molecule has 0 radical (unpaired) electrons. The molecule has 2 aliphatic heterocycles. The Kier molecular flexibility index (Phi) is 5.23. The van der Waals surface area contributed by atoms with Crippen molar-refractivity contribution in [1.82, 2.24) is 9.88 Å². The van der Waals surface area contributed by atoms with Crippen LogP contribution in [-0.2, 0) is 10.5 Å². The minimum absolute atomic E-state index is 0.0766. The molecule has 1 aromatic heterocycles. The van der Waals surface area contributed by atoms with Crippen molar-refractivity contribution in [2.75, 3.05) is 5.32 Å². The monoisotopic (exact) mass is 441 g/mol. The topological polar surface area (TPSA) is 63.1 Å². The number of rotatable bonds is 5. The van der Waals surface area contributed by atoms with Gasteiger partial charge < -0.3 is 10.6 Å². The van der Waals surface area contributed by atoms with Crippen LogP contribution in [-0.4, -0.2) is 16.4 Å². The number of nitrogens with one attached hydrogen (secondary N) is 2. The van der Waals surface area contributed by atoms with Gasteiger partial charge >= 0.3 is 0 Å². The van der Waals surface area contributed by atoms with Crippen LogP contribution in [0.1, 0.15) is 34.5 Å². The van der Waals surface area contributed by atoms with Crippen LogP contribution in [0.25, 0.3) is 0 Å². The summed E-state index contributed by atoms with van der Waals surface area (Å²) in [5, 5.41) is 7.18. The summed E-state index contributed by atoms with van der Waals surface area (Å²) in [4.78, 5) is 26.6. The third-order valence-electron chi connectivity index (χ3n) is 5.96. The van der Waals surface area contributed by atoms with Gasteiger partial charge in [-0.15, -0.1) is 11.8 Å². The van der Waals surface area contributed by atoms with Crippen molar-refractivity contribution >= 4 is 29.3 Å². The van der Waals surface area contributed by atoms with Gasteiger partial charge in [-0.05, 0) is 49.2 Å².